The summed E-state index contributed by atoms with van der Waals surface area (Å²) in [7, 11) is -4.17. The van der Waals surface area contributed by atoms with Gasteiger partial charge in [0.25, 0.3) is 0 Å². The number of nitrogens with zero attached hydrogens (tertiary/aromatic N) is 2. The first-order valence-corrected chi connectivity index (χ1v) is 7.33. The van der Waals surface area contributed by atoms with Gasteiger partial charge < -0.3 is 4.18 Å². The molecule has 0 fully saturated rings. The third-order valence-corrected chi connectivity index (χ3v) is 3.90. The molecule has 2 rings (SSSR count). The van der Waals surface area contributed by atoms with Gasteiger partial charge in [0.05, 0.1) is 4.92 Å². The van der Waals surface area contributed by atoms with Crippen LogP contribution in [0.25, 0.3) is 0 Å². The summed E-state index contributed by atoms with van der Waals surface area (Å²) in [6, 6.07) is 8.51. The average molecular weight is 308 g/mol. The maximum Gasteiger partial charge on any atom is 0.340 e. The average Bonchev–Trinajstić information content (AvgIpc) is 2.38. The smallest absolute Gasteiger partial charge is 0.340 e. The van der Waals surface area contributed by atoms with Crippen LogP contribution >= 0.6 is 0 Å². The van der Waals surface area contributed by atoms with Crippen LogP contribution in [0.4, 0.5) is 5.69 Å². The monoisotopic (exact) mass is 308 g/mol. The van der Waals surface area contributed by atoms with E-state index in [1.165, 1.54) is 18.2 Å². The largest absolute Gasteiger partial charge is 0.351 e. The van der Waals surface area contributed by atoms with Gasteiger partial charge in [-0.25, -0.2) is 4.98 Å². The highest BCUT2D eigenvalue weighted by Gasteiger charge is 2.24. The lowest BCUT2D eigenvalue weighted by Crippen LogP contribution is -2.12. The number of pyridine rings is 1. The Balaban J connectivity index is 2.43. The molecule has 0 atom stereocenters. The minimum Gasteiger partial charge on any atom is -0.351 e. The number of rotatable bonds is 4. The second-order valence-electron chi connectivity index (χ2n) is 4.38. The Kier molecular flexibility index (Phi) is 3.90. The van der Waals surface area contributed by atoms with Gasteiger partial charge in [-0.3, -0.25) is 10.1 Å². The molecule has 0 amide bonds. The van der Waals surface area contributed by atoms with E-state index >= 15 is 0 Å². The van der Waals surface area contributed by atoms with Crippen LogP contribution in [-0.2, 0) is 10.1 Å². The van der Waals surface area contributed by atoms with E-state index in [1.807, 2.05) is 6.92 Å². The van der Waals surface area contributed by atoms with Crippen molar-refractivity contribution in [3.63, 3.8) is 0 Å². The molecule has 0 saturated carbocycles. The van der Waals surface area contributed by atoms with Crippen LogP contribution in [0, 0.1) is 24.0 Å². The molecule has 8 heteroatoms. The Hall–Kier alpha value is -2.48. The molecule has 21 heavy (non-hydrogen) atoms. The summed E-state index contributed by atoms with van der Waals surface area (Å²) in [5.74, 6) is -0.541. The van der Waals surface area contributed by atoms with Crippen molar-refractivity contribution in [2.75, 3.05) is 0 Å². The Morgan fingerprint density at radius 2 is 1.71 bits per heavy atom. The van der Waals surface area contributed by atoms with Crippen molar-refractivity contribution in [2.24, 2.45) is 0 Å². The van der Waals surface area contributed by atoms with Crippen molar-refractivity contribution in [1.29, 1.82) is 0 Å². The van der Waals surface area contributed by atoms with Crippen molar-refractivity contribution < 1.29 is 17.5 Å². The number of aromatic nitrogens is 1. The van der Waals surface area contributed by atoms with Gasteiger partial charge >= 0.3 is 21.7 Å². The first kappa shape index (κ1) is 14.9. The summed E-state index contributed by atoms with van der Waals surface area (Å²) in [6.07, 6.45) is 0. The molecule has 7 nitrogen and oxygen atoms in total. The molecular weight excluding hydrogens is 296 g/mol. The SMILES string of the molecule is Cc1ccc(S(=O)(=O)Oc2nc(C)ccc2[N+](=O)[O-])cc1. The van der Waals surface area contributed by atoms with Crippen LogP contribution in [0.5, 0.6) is 5.88 Å². The fraction of sp³-hybridized carbons (Fsp3) is 0.154. The summed E-state index contributed by atoms with van der Waals surface area (Å²) in [6.45, 7) is 3.39. The van der Waals surface area contributed by atoms with Crippen LogP contribution < -0.4 is 4.18 Å². The van der Waals surface area contributed by atoms with E-state index in [-0.39, 0.29) is 4.90 Å². The molecule has 0 N–H and O–H groups in total. The van der Waals surface area contributed by atoms with Crippen LogP contribution in [0.1, 0.15) is 11.3 Å². The van der Waals surface area contributed by atoms with E-state index in [1.54, 1.807) is 19.1 Å². The second-order valence-corrected chi connectivity index (χ2v) is 5.93. The summed E-state index contributed by atoms with van der Waals surface area (Å²) in [5.41, 5.74) is 0.791. The van der Waals surface area contributed by atoms with Gasteiger partial charge in [-0.1, -0.05) is 17.7 Å². The van der Waals surface area contributed by atoms with Crippen molar-refractivity contribution in [1.82, 2.24) is 4.98 Å². The van der Waals surface area contributed by atoms with Gasteiger partial charge in [0.2, 0.25) is 0 Å². The Morgan fingerprint density at radius 1 is 1.10 bits per heavy atom. The fourth-order valence-corrected chi connectivity index (χ4v) is 2.48. The van der Waals surface area contributed by atoms with Crippen LogP contribution in [-0.4, -0.2) is 18.3 Å². The standard InChI is InChI=1S/C13H12N2O5S/c1-9-3-6-11(7-4-9)21(18,19)20-13-12(15(16)17)8-5-10(2)14-13/h3-8H,1-2H3. The van der Waals surface area contributed by atoms with E-state index in [0.29, 0.717) is 5.69 Å². The van der Waals surface area contributed by atoms with Crippen LogP contribution in [0.2, 0.25) is 0 Å². The zero-order valence-corrected chi connectivity index (χ0v) is 12.1. The van der Waals surface area contributed by atoms with Crippen LogP contribution in [0.15, 0.2) is 41.3 Å². The zero-order chi connectivity index (χ0) is 15.6. The van der Waals surface area contributed by atoms with Gasteiger partial charge in [-0.05, 0) is 32.0 Å². The van der Waals surface area contributed by atoms with Gasteiger partial charge in [0.15, 0.2) is 0 Å². The van der Waals surface area contributed by atoms with E-state index in [2.05, 4.69) is 4.98 Å². The number of hydrogen-bond donors (Lipinski definition) is 0. The van der Waals surface area contributed by atoms with Crippen molar-refractivity contribution >= 4 is 15.8 Å². The molecule has 0 saturated heterocycles. The highest BCUT2D eigenvalue weighted by atomic mass is 32.2. The summed E-state index contributed by atoms with van der Waals surface area (Å²) in [4.78, 5) is 13.8. The highest BCUT2D eigenvalue weighted by molar-refractivity contribution is 7.87. The predicted octanol–water partition coefficient (Wildman–Crippen LogP) is 2.37. The maximum atomic E-state index is 12.1. The molecule has 0 bridgehead atoms. The molecule has 2 aromatic rings. The number of benzene rings is 1. The van der Waals surface area contributed by atoms with Crippen molar-refractivity contribution in [3.05, 3.63) is 57.8 Å². The minimum absolute atomic E-state index is 0.0919. The summed E-state index contributed by atoms with van der Waals surface area (Å²) >= 11 is 0. The second kappa shape index (κ2) is 5.49. The van der Waals surface area contributed by atoms with E-state index in [4.69, 9.17) is 4.18 Å². The lowest BCUT2D eigenvalue weighted by atomic mass is 10.2. The molecule has 0 aliphatic heterocycles. The fourth-order valence-electron chi connectivity index (χ4n) is 1.58. The molecule has 0 aliphatic carbocycles. The lowest BCUT2D eigenvalue weighted by molar-refractivity contribution is -0.385. The van der Waals surface area contributed by atoms with Crippen LogP contribution in [0.3, 0.4) is 0 Å². The predicted molar refractivity (Wildman–Crippen MR) is 74.6 cm³/mol. The van der Waals surface area contributed by atoms with E-state index < -0.39 is 26.6 Å². The van der Waals surface area contributed by atoms with Gasteiger partial charge in [-0.15, -0.1) is 0 Å². The molecular formula is C13H12N2O5S. The summed E-state index contributed by atoms with van der Waals surface area (Å²) < 4.78 is 29.0. The Labute approximate surface area is 121 Å². The Morgan fingerprint density at radius 3 is 2.29 bits per heavy atom. The summed E-state index contributed by atoms with van der Waals surface area (Å²) in [5, 5.41) is 10.9. The maximum absolute atomic E-state index is 12.1. The van der Waals surface area contributed by atoms with Crippen molar-refractivity contribution in [2.45, 2.75) is 18.7 Å². The highest BCUT2D eigenvalue weighted by Crippen LogP contribution is 2.27. The minimum atomic E-state index is -4.17. The molecule has 0 radical (unpaired) electrons. The van der Waals surface area contributed by atoms with E-state index in [9.17, 15) is 18.5 Å². The zero-order valence-electron chi connectivity index (χ0n) is 11.3. The molecule has 110 valence electrons. The first-order chi connectivity index (χ1) is 9.79. The van der Waals surface area contributed by atoms with Gasteiger partial charge in [0, 0.05) is 11.8 Å². The molecule has 1 aromatic carbocycles. The Bertz CT molecular complexity index is 785. The number of aryl methyl sites for hydroxylation is 2. The number of hydrogen-bond acceptors (Lipinski definition) is 6. The van der Waals surface area contributed by atoms with Crippen molar-refractivity contribution in [3.8, 4) is 5.88 Å². The lowest BCUT2D eigenvalue weighted by Gasteiger charge is -2.07. The third kappa shape index (κ3) is 3.34. The molecule has 0 spiro atoms. The molecule has 1 heterocycles. The van der Waals surface area contributed by atoms with Gasteiger partial charge in [0.1, 0.15) is 4.90 Å². The quantitative estimate of drug-likeness (QED) is 0.488. The normalized spacial score (nSPS) is 11.1. The molecule has 0 unspecified atom stereocenters. The molecule has 1 aromatic heterocycles. The van der Waals surface area contributed by atoms with E-state index in [0.717, 1.165) is 11.6 Å². The third-order valence-electron chi connectivity index (χ3n) is 2.67. The first-order valence-electron chi connectivity index (χ1n) is 5.93. The number of nitro groups is 1. The molecule has 0 aliphatic rings. The topological polar surface area (TPSA) is 99.4 Å². The van der Waals surface area contributed by atoms with Gasteiger partial charge in [-0.2, -0.15) is 8.42 Å².